The van der Waals surface area contributed by atoms with Gasteiger partial charge in [-0.15, -0.1) is 0 Å². The number of nitrogens with one attached hydrogen (secondary N) is 2. The van der Waals surface area contributed by atoms with E-state index < -0.39 is 0 Å². The molecule has 0 radical (unpaired) electrons. The summed E-state index contributed by atoms with van der Waals surface area (Å²) in [6, 6.07) is 7.74. The fourth-order valence-corrected chi connectivity index (χ4v) is 2.54. The Bertz CT molecular complexity index is 547. The minimum absolute atomic E-state index is 0.0493. The quantitative estimate of drug-likeness (QED) is 0.659. The highest BCUT2D eigenvalue weighted by molar-refractivity contribution is 5.92. The Morgan fingerprint density at radius 2 is 1.74 bits per heavy atom. The number of carbonyl (C=O) groups is 2. The number of amides is 2. The third kappa shape index (κ3) is 4.96. The molecule has 1 saturated carbocycles. The van der Waals surface area contributed by atoms with Crippen molar-refractivity contribution in [2.75, 3.05) is 33.9 Å². The van der Waals surface area contributed by atoms with Crippen LogP contribution in [-0.4, -0.2) is 45.7 Å². The molecular formula is C17H24N2O4. The number of ether oxygens (including phenoxy) is 2. The van der Waals surface area contributed by atoms with E-state index in [0.717, 1.165) is 11.3 Å². The molecule has 2 N–H and O–H groups in total. The van der Waals surface area contributed by atoms with E-state index in [2.05, 4.69) is 10.6 Å². The van der Waals surface area contributed by atoms with Crippen LogP contribution in [0.2, 0.25) is 0 Å². The summed E-state index contributed by atoms with van der Waals surface area (Å²) >= 11 is 0. The van der Waals surface area contributed by atoms with Crippen LogP contribution in [0.5, 0.6) is 5.75 Å². The smallest absolute Gasteiger partial charge is 0.224 e. The van der Waals surface area contributed by atoms with Crippen LogP contribution < -0.4 is 15.4 Å². The van der Waals surface area contributed by atoms with Crippen LogP contribution in [0.1, 0.15) is 12.0 Å². The van der Waals surface area contributed by atoms with Gasteiger partial charge in [0.15, 0.2) is 0 Å². The summed E-state index contributed by atoms with van der Waals surface area (Å²) < 4.78 is 10.2. The molecule has 1 aromatic carbocycles. The SMILES string of the molecule is COCCNC(=O)C1CC1C(=O)NCCc1ccccc1OC. The van der Waals surface area contributed by atoms with E-state index in [1.807, 2.05) is 24.3 Å². The summed E-state index contributed by atoms with van der Waals surface area (Å²) in [7, 11) is 3.22. The van der Waals surface area contributed by atoms with Gasteiger partial charge in [0.25, 0.3) is 0 Å². The molecule has 2 rings (SSSR count). The maximum Gasteiger partial charge on any atom is 0.224 e. The molecule has 2 atom stereocenters. The Morgan fingerprint density at radius 3 is 2.39 bits per heavy atom. The Hall–Kier alpha value is -2.08. The first-order chi connectivity index (χ1) is 11.2. The number of benzene rings is 1. The van der Waals surface area contributed by atoms with E-state index in [1.54, 1.807) is 14.2 Å². The first-order valence-corrected chi connectivity index (χ1v) is 7.83. The lowest BCUT2D eigenvalue weighted by atomic mass is 10.1. The molecule has 1 aromatic rings. The molecule has 0 saturated heterocycles. The predicted octanol–water partition coefficient (Wildman–Crippen LogP) is 0.753. The molecule has 1 aliphatic carbocycles. The monoisotopic (exact) mass is 320 g/mol. The molecule has 0 heterocycles. The van der Waals surface area contributed by atoms with Crippen LogP contribution in [0.25, 0.3) is 0 Å². The lowest BCUT2D eigenvalue weighted by Gasteiger charge is -2.09. The van der Waals surface area contributed by atoms with Crippen molar-refractivity contribution in [3.63, 3.8) is 0 Å². The van der Waals surface area contributed by atoms with Gasteiger partial charge in [-0.2, -0.15) is 0 Å². The summed E-state index contributed by atoms with van der Waals surface area (Å²) in [6.07, 6.45) is 1.33. The highest BCUT2D eigenvalue weighted by Crippen LogP contribution is 2.38. The molecule has 0 aliphatic heterocycles. The number of carbonyl (C=O) groups excluding carboxylic acids is 2. The van der Waals surface area contributed by atoms with Crippen molar-refractivity contribution in [2.45, 2.75) is 12.8 Å². The number of hydrogen-bond acceptors (Lipinski definition) is 4. The van der Waals surface area contributed by atoms with Crippen LogP contribution >= 0.6 is 0 Å². The standard InChI is InChI=1S/C17H24N2O4/c1-22-10-9-19-17(21)14-11-13(14)16(20)18-8-7-12-5-3-4-6-15(12)23-2/h3-6,13-14H,7-11H2,1-2H3,(H,18,20)(H,19,21). The first-order valence-electron chi connectivity index (χ1n) is 7.83. The van der Waals surface area contributed by atoms with Crippen molar-refractivity contribution in [3.8, 4) is 5.75 Å². The molecule has 0 spiro atoms. The molecule has 6 heteroatoms. The van der Waals surface area contributed by atoms with Crippen molar-refractivity contribution in [3.05, 3.63) is 29.8 Å². The van der Waals surface area contributed by atoms with Gasteiger partial charge in [-0.05, 0) is 24.5 Å². The van der Waals surface area contributed by atoms with Crippen LogP contribution in [0.3, 0.4) is 0 Å². The van der Waals surface area contributed by atoms with Gasteiger partial charge in [-0.3, -0.25) is 9.59 Å². The van der Waals surface area contributed by atoms with Crippen molar-refractivity contribution in [2.24, 2.45) is 11.8 Å². The van der Waals surface area contributed by atoms with E-state index in [1.165, 1.54) is 0 Å². The number of methoxy groups -OCH3 is 2. The molecule has 1 aliphatic rings. The maximum absolute atomic E-state index is 12.0. The third-order valence-electron chi connectivity index (χ3n) is 3.96. The minimum Gasteiger partial charge on any atom is -0.496 e. The zero-order valence-electron chi connectivity index (χ0n) is 13.6. The fraction of sp³-hybridized carbons (Fsp3) is 0.529. The molecule has 6 nitrogen and oxygen atoms in total. The second kappa shape index (κ2) is 8.53. The number of rotatable bonds is 9. The molecule has 0 bridgehead atoms. The number of hydrogen-bond donors (Lipinski definition) is 2. The molecule has 2 unspecified atom stereocenters. The molecule has 23 heavy (non-hydrogen) atoms. The van der Waals surface area contributed by atoms with Crippen LogP contribution in [-0.2, 0) is 20.7 Å². The van der Waals surface area contributed by atoms with Crippen LogP contribution in [0, 0.1) is 11.8 Å². The van der Waals surface area contributed by atoms with E-state index in [-0.39, 0.29) is 23.7 Å². The summed E-state index contributed by atoms with van der Waals surface area (Å²) in [4.78, 5) is 23.9. The second-order valence-electron chi connectivity index (χ2n) is 5.59. The lowest BCUT2D eigenvalue weighted by Crippen LogP contribution is -2.32. The summed E-state index contributed by atoms with van der Waals surface area (Å²) in [5.74, 6) is 0.315. The largest absolute Gasteiger partial charge is 0.496 e. The number of para-hydroxylation sites is 1. The van der Waals surface area contributed by atoms with Gasteiger partial charge in [-0.1, -0.05) is 18.2 Å². The summed E-state index contributed by atoms with van der Waals surface area (Å²) in [5, 5.41) is 5.66. The van der Waals surface area contributed by atoms with Gasteiger partial charge >= 0.3 is 0 Å². The minimum atomic E-state index is -0.199. The van der Waals surface area contributed by atoms with E-state index in [9.17, 15) is 9.59 Å². The van der Waals surface area contributed by atoms with Crippen LogP contribution in [0.4, 0.5) is 0 Å². The van der Waals surface area contributed by atoms with Gasteiger partial charge in [-0.25, -0.2) is 0 Å². The highest BCUT2D eigenvalue weighted by atomic mass is 16.5. The predicted molar refractivity (Wildman–Crippen MR) is 86.2 cm³/mol. The Balaban J connectivity index is 1.69. The van der Waals surface area contributed by atoms with Gasteiger partial charge in [0, 0.05) is 20.2 Å². The average molecular weight is 320 g/mol. The summed E-state index contributed by atoms with van der Waals surface area (Å²) in [6.45, 7) is 1.50. The zero-order chi connectivity index (χ0) is 16.7. The van der Waals surface area contributed by atoms with E-state index in [0.29, 0.717) is 32.5 Å². The average Bonchev–Trinajstić information content (AvgIpc) is 3.36. The Morgan fingerprint density at radius 1 is 1.09 bits per heavy atom. The van der Waals surface area contributed by atoms with E-state index >= 15 is 0 Å². The van der Waals surface area contributed by atoms with Crippen molar-refractivity contribution < 1.29 is 19.1 Å². The molecule has 2 amide bonds. The van der Waals surface area contributed by atoms with Crippen LogP contribution in [0.15, 0.2) is 24.3 Å². The Labute approximate surface area is 136 Å². The second-order valence-corrected chi connectivity index (χ2v) is 5.59. The Kier molecular flexibility index (Phi) is 6.40. The third-order valence-corrected chi connectivity index (χ3v) is 3.96. The van der Waals surface area contributed by atoms with Gasteiger partial charge in [0.05, 0.1) is 25.6 Å². The molecular weight excluding hydrogens is 296 g/mol. The van der Waals surface area contributed by atoms with E-state index in [4.69, 9.17) is 9.47 Å². The highest BCUT2D eigenvalue weighted by Gasteiger charge is 2.47. The van der Waals surface area contributed by atoms with Crippen molar-refractivity contribution in [1.82, 2.24) is 10.6 Å². The molecule has 1 fully saturated rings. The molecule has 126 valence electrons. The van der Waals surface area contributed by atoms with Gasteiger partial charge in [0.1, 0.15) is 5.75 Å². The summed E-state index contributed by atoms with van der Waals surface area (Å²) in [5.41, 5.74) is 1.06. The zero-order valence-corrected chi connectivity index (χ0v) is 13.6. The molecule has 0 aromatic heterocycles. The fourth-order valence-electron chi connectivity index (χ4n) is 2.54. The topological polar surface area (TPSA) is 76.7 Å². The van der Waals surface area contributed by atoms with Gasteiger partial charge < -0.3 is 20.1 Å². The van der Waals surface area contributed by atoms with Crippen molar-refractivity contribution >= 4 is 11.8 Å². The lowest BCUT2D eigenvalue weighted by molar-refractivity contribution is -0.127. The van der Waals surface area contributed by atoms with Gasteiger partial charge in [0.2, 0.25) is 11.8 Å². The maximum atomic E-state index is 12.0. The normalized spacial score (nSPS) is 19.0. The first kappa shape index (κ1) is 17.3. The van der Waals surface area contributed by atoms with Crippen molar-refractivity contribution in [1.29, 1.82) is 0 Å².